The highest BCUT2D eigenvalue weighted by atomic mass is 16.5. The van der Waals surface area contributed by atoms with Gasteiger partial charge in [-0.3, -0.25) is 14.6 Å². The molecule has 0 saturated carbocycles. The lowest BCUT2D eigenvalue weighted by Gasteiger charge is -2.36. The summed E-state index contributed by atoms with van der Waals surface area (Å²) in [7, 11) is 0. The Labute approximate surface area is 176 Å². The number of hydrogen-bond donors (Lipinski definition) is 0. The van der Waals surface area contributed by atoms with Crippen molar-refractivity contribution in [3.05, 3.63) is 64.9 Å². The Hall–Kier alpha value is -2.96. The highest BCUT2D eigenvalue weighted by molar-refractivity contribution is 5.93. The second kappa shape index (κ2) is 8.81. The number of aromatic nitrogens is 2. The molecule has 0 aromatic carbocycles. The predicted molar refractivity (Wildman–Crippen MR) is 111 cm³/mol. The van der Waals surface area contributed by atoms with Crippen molar-refractivity contribution < 1.29 is 14.3 Å². The Bertz CT molecular complexity index is 932. The predicted octanol–water partition coefficient (Wildman–Crippen LogP) is 1.97. The lowest BCUT2D eigenvalue weighted by atomic mass is 9.84. The number of pyridine rings is 2. The quantitative estimate of drug-likeness (QED) is 0.572. The van der Waals surface area contributed by atoms with Crippen LogP contribution in [0.5, 0.6) is 0 Å². The number of carbonyl (C=O) groups is 2. The van der Waals surface area contributed by atoms with E-state index in [1.165, 1.54) is 12.4 Å². The van der Waals surface area contributed by atoms with E-state index in [-0.39, 0.29) is 11.8 Å². The SMILES string of the molecule is Cc1cncc(CC(=O)N2CCCC(C3CCN(C(=O)c4ccc[n+]([O-])c4)C3)C2)c1. The summed E-state index contributed by atoms with van der Waals surface area (Å²) >= 11 is 0. The number of likely N-dealkylation sites (tertiary alicyclic amines) is 2. The van der Waals surface area contributed by atoms with Gasteiger partial charge in [0.25, 0.3) is 5.91 Å². The van der Waals surface area contributed by atoms with E-state index in [1.54, 1.807) is 24.5 Å². The van der Waals surface area contributed by atoms with Crippen LogP contribution in [0.15, 0.2) is 43.0 Å². The molecule has 7 heteroatoms. The van der Waals surface area contributed by atoms with Crippen molar-refractivity contribution in [3.63, 3.8) is 0 Å². The third-order valence-electron chi connectivity index (χ3n) is 6.30. The Balaban J connectivity index is 1.34. The highest BCUT2D eigenvalue weighted by Crippen LogP contribution is 2.31. The average Bonchev–Trinajstić information content (AvgIpc) is 3.24. The van der Waals surface area contributed by atoms with Crippen molar-refractivity contribution >= 4 is 11.8 Å². The molecule has 2 amide bonds. The first-order valence-electron chi connectivity index (χ1n) is 10.7. The topological polar surface area (TPSA) is 80.5 Å². The van der Waals surface area contributed by atoms with Crippen LogP contribution < -0.4 is 4.73 Å². The van der Waals surface area contributed by atoms with Gasteiger partial charge < -0.3 is 15.0 Å². The second-order valence-corrected chi connectivity index (χ2v) is 8.54. The Morgan fingerprint density at radius 3 is 2.77 bits per heavy atom. The van der Waals surface area contributed by atoms with E-state index in [0.717, 1.165) is 43.5 Å². The van der Waals surface area contributed by atoms with Gasteiger partial charge in [0, 0.05) is 44.6 Å². The van der Waals surface area contributed by atoms with Crippen molar-refractivity contribution in [3.8, 4) is 0 Å². The number of carbonyl (C=O) groups excluding carboxylic acids is 2. The van der Waals surface area contributed by atoms with Crippen LogP contribution in [0.3, 0.4) is 0 Å². The fraction of sp³-hybridized carbons (Fsp3) is 0.478. The number of nitrogens with zero attached hydrogens (tertiary/aromatic N) is 4. The van der Waals surface area contributed by atoms with Gasteiger partial charge in [-0.2, -0.15) is 4.73 Å². The maximum absolute atomic E-state index is 12.8. The van der Waals surface area contributed by atoms with Crippen LogP contribution in [0, 0.1) is 24.0 Å². The maximum atomic E-state index is 12.8. The first-order valence-corrected chi connectivity index (χ1v) is 10.7. The van der Waals surface area contributed by atoms with E-state index in [4.69, 9.17) is 0 Å². The largest absolute Gasteiger partial charge is 0.619 e. The Morgan fingerprint density at radius 1 is 1.17 bits per heavy atom. The summed E-state index contributed by atoms with van der Waals surface area (Å²) in [5.41, 5.74) is 2.45. The van der Waals surface area contributed by atoms with Crippen molar-refractivity contribution in [2.75, 3.05) is 26.2 Å². The molecule has 158 valence electrons. The maximum Gasteiger partial charge on any atom is 0.259 e. The molecule has 30 heavy (non-hydrogen) atoms. The van der Waals surface area contributed by atoms with Crippen molar-refractivity contribution in [2.45, 2.75) is 32.6 Å². The number of aryl methyl sites for hydroxylation is 1. The second-order valence-electron chi connectivity index (χ2n) is 8.54. The molecule has 2 aromatic heterocycles. The van der Waals surface area contributed by atoms with Crippen LogP contribution in [0.4, 0.5) is 0 Å². The molecule has 7 nitrogen and oxygen atoms in total. The summed E-state index contributed by atoms with van der Waals surface area (Å²) in [6, 6.07) is 5.30. The van der Waals surface area contributed by atoms with Gasteiger partial charge in [0.15, 0.2) is 12.4 Å². The molecular weight excluding hydrogens is 380 g/mol. The molecule has 2 unspecified atom stereocenters. The summed E-state index contributed by atoms with van der Waals surface area (Å²) in [6.45, 7) is 4.95. The summed E-state index contributed by atoms with van der Waals surface area (Å²) < 4.78 is 0.662. The molecule has 0 spiro atoms. The zero-order chi connectivity index (χ0) is 21.1. The van der Waals surface area contributed by atoms with Gasteiger partial charge in [0.2, 0.25) is 5.91 Å². The van der Waals surface area contributed by atoms with Gasteiger partial charge in [-0.25, -0.2) is 0 Å². The molecule has 2 saturated heterocycles. The van der Waals surface area contributed by atoms with E-state index >= 15 is 0 Å². The van der Waals surface area contributed by atoms with Gasteiger partial charge in [0.1, 0.15) is 5.56 Å². The normalized spacial score (nSPS) is 21.6. The fourth-order valence-electron chi connectivity index (χ4n) is 4.74. The van der Waals surface area contributed by atoms with Crippen LogP contribution >= 0.6 is 0 Å². The summed E-state index contributed by atoms with van der Waals surface area (Å²) in [5.74, 6) is 0.880. The van der Waals surface area contributed by atoms with Crippen molar-refractivity contribution in [2.24, 2.45) is 11.8 Å². The molecule has 0 N–H and O–H groups in total. The lowest BCUT2D eigenvalue weighted by Crippen LogP contribution is -2.43. The van der Waals surface area contributed by atoms with Gasteiger partial charge in [-0.15, -0.1) is 0 Å². The first-order chi connectivity index (χ1) is 14.5. The summed E-state index contributed by atoms with van der Waals surface area (Å²) in [6.07, 6.45) is 9.70. The number of rotatable bonds is 4. The molecule has 2 aromatic rings. The van der Waals surface area contributed by atoms with Crippen LogP contribution in [0.1, 0.15) is 40.7 Å². The van der Waals surface area contributed by atoms with E-state index in [9.17, 15) is 14.8 Å². The molecule has 0 radical (unpaired) electrons. The summed E-state index contributed by atoms with van der Waals surface area (Å²) in [4.78, 5) is 33.6. The van der Waals surface area contributed by atoms with Gasteiger partial charge in [-0.05, 0) is 55.2 Å². The zero-order valence-corrected chi connectivity index (χ0v) is 17.4. The molecule has 0 aliphatic carbocycles. The Morgan fingerprint density at radius 2 is 1.97 bits per heavy atom. The molecule has 2 aliphatic heterocycles. The third-order valence-corrected chi connectivity index (χ3v) is 6.30. The molecular formula is C23H28N4O3. The zero-order valence-electron chi connectivity index (χ0n) is 17.4. The molecule has 4 heterocycles. The molecule has 2 fully saturated rings. The first kappa shape index (κ1) is 20.3. The molecule has 2 aliphatic rings. The number of hydrogen-bond acceptors (Lipinski definition) is 4. The number of piperidine rings is 1. The fourth-order valence-corrected chi connectivity index (χ4v) is 4.74. The highest BCUT2D eigenvalue weighted by Gasteiger charge is 2.35. The van der Waals surface area contributed by atoms with Crippen LogP contribution in [0.2, 0.25) is 0 Å². The Kier molecular flexibility index (Phi) is 5.97. The summed E-state index contributed by atoms with van der Waals surface area (Å²) in [5, 5.41) is 11.5. The lowest BCUT2D eigenvalue weighted by molar-refractivity contribution is -0.605. The van der Waals surface area contributed by atoms with E-state index in [1.807, 2.05) is 22.8 Å². The average molecular weight is 409 g/mol. The standard InChI is InChI=1S/C23H28N4O3/c1-17-10-18(13-24-12-17)11-22(28)25-7-2-4-19(14-25)20-6-9-26(15-20)23(29)21-5-3-8-27(30)16-21/h3,5,8,10,12-13,16,19-20H,2,4,6-7,9,11,14-15H2,1H3. The van der Waals surface area contributed by atoms with E-state index in [0.29, 0.717) is 41.6 Å². The van der Waals surface area contributed by atoms with Crippen LogP contribution in [0.25, 0.3) is 0 Å². The van der Waals surface area contributed by atoms with Gasteiger partial charge >= 0.3 is 0 Å². The minimum atomic E-state index is -0.0848. The van der Waals surface area contributed by atoms with E-state index < -0.39 is 0 Å². The van der Waals surface area contributed by atoms with Crippen LogP contribution in [-0.2, 0) is 11.2 Å². The minimum Gasteiger partial charge on any atom is -0.619 e. The van der Waals surface area contributed by atoms with Gasteiger partial charge in [-0.1, -0.05) is 6.07 Å². The minimum absolute atomic E-state index is 0.0848. The van der Waals surface area contributed by atoms with Crippen molar-refractivity contribution in [1.29, 1.82) is 0 Å². The van der Waals surface area contributed by atoms with E-state index in [2.05, 4.69) is 4.98 Å². The van der Waals surface area contributed by atoms with Crippen LogP contribution in [-0.4, -0.2) is 52.8 Å². The smallest absolute Gasteiger partial charge is 0.259 e. The monoisotopic (exact) mass is 408 g/mol. The molecule has 2 atom stereocenters. The molecule has 4 rings (SSSR count). The number of amides is 2. The molecule has 0 bridgehead atoms. The van der Waals surface area contributed by atoms with Crippen molar-refractivity contribution in [1.82, 2.24) is 14.8 Å². The van der Waals surface area contributed by atoms with Gasteiger partial charge in [0.05, 0.1) is 6.42 Å². The third kappa shape index (κ3) is 4.61.